The van der Waals surface area contributed by atoms with Gasteiger partial charge in [0.05, 0.1) is 4.90 Å². The van der Waals surface area contributed by atoms with Crippen molar-refractivity contribution >= 4 is 49.0 Å². The molecule has 132 valence electrons. The van der Waals surface area contributed by atoms with E-state index in [-0.39, 0.29) is 0 Å². The molecule has 0 amide bonds. The fraction of sp³-hybridized carbons (Fsp3) is 0.200. The number of nitrogens with zero attached hydrogens (tertiary/aromatic N) is 1. The minimum absolute atomic E-state index is 0.850. The van der Waals surface area contributed by atoms with Crippen LogP contribution in [0.25, 0.3) is 21.0 Å². The number of nitrogens with one attached hydrogen (secondary N) is 2. The molecule has 2 aromatic heterocycles. The third kappa shape index (κ3) is 2.65. The van der Waals surface area contributed by atoms with Crippen LogP contribution in [0.2, 0.25) is 0 Å². The van der Waals surface area contributed by atoms with Gasteiger partial charge in [0.1, 0.15) is 0 Å². The van der Waals surface area contributed by atoms with Crippen LogP contribution in [0.5, 0.6) is 0 Å². The number of aromatic amines is 1. The molecule has 4 aromatic rings. The zero-order valence-corrected chi connectivity index (χ0v) is 16.0. The topological polar surface area (TPSA) is 48.1 Å². The first-order chi connectivity index (χ1) is 12.7. The summed E-state index contributed by atoms with van der Waals surface area (Å²) < 4.78 is 17.2. The summed E-state index contributed by atoms with van der Waals surface area (Å²) in [6, 6.07) is 14.3. The summed E-state index contributed by atoms with van der Waals surface area (Å²) in [4.78, 5) is 6.71. The Morgan fingerprint density at radius 1 is 1.19 bits per heavy atom. The first-order valence-electron chi connectivity index (χ1n) is 8.66. The molecule has 4 nitrogen and oxygen atoms in total. The first-order valence-corrected chi connectivity index (χ1v) is 10.7. The van der Waals surface area contributed by atoms with Gasteiger partial charge in [-0.1, -0.05) is 18.2 Å². The van der Waals surface area contributed by atoms with Crippen molar-refractivity contribution in [3.8, 4) is 0 Å². The van der Waals surface area contributed by atoms with E-state index in [1.807, 2.05) is 29.6 Å². The van der Waals surface area contributed by atoms with Gasteiger partial charge in [-0.15, -0.1) is 11.3 Å². The lowest BCUT2D eigenvalue weighted by atomic mass is 10.0. The Morgan fingerprint density at radius 2 is 2.08 bits per heavy atom. The van der Waals surface area contributed by atoms with Crippen LogP contribution in [0.4, 0.5) is 5.69 Å². The summed E-state index contributed by atoms with van der Waals surface area (Å²) in [7, 11) is 0.875. The monoisotopic (exact) mass is 381 g/mol. The number of thiophene rings is 1. The van der Waals surface area contributed by atoms with Crippen LogP contribution in [0.15, 0.2) is 52.7 Å². The van der Waals surface area contributed by atoms with E-state index in [1.165, 1.54) is 16.6 Å². The van der Waals surface area contributed by atoms with Crippen molar-refractivity contribution in [2.75, 3.05) is 18.3 Å². The van der Waals surface area contributed by atoms with Gasteiger partial charge >= 0.3 is 0 Å². The van der Waals surface area contributed by atoms with Gasteiger partial charge in [0.25, 0.3) is 0 Å². The van der Waals surface area contributed by atoms with E-state index in [0.29, 0.717) is 0 Å². The summed E-state index contributed by atoms with van der Waals surface area (Å²) >= 11 is 1.63. The highest BCUT2D eigenvalue weighted by molar-refractivity contribution is 7.86. The summed E-state index contributed by atoms with van der Waals surface area (Å²) in [5.41, 5.74) is 4.75. The van der Waals surface area contributed by atoms with Gasteiger partial charge in [0.15, 0.2) is 11.0 Å². The van der Waals surface area contributed by atoms with Crippen LogP contribution >= 0.6 is 11.3 Å². The molecule has 0 fully saturated rings. The molecular weight excluding hydrogens is 362 g/mol. The van der Waals surface area contributed by atoms with E-state index in [1.54, 1.807) is 11.3 Å². The molecular formula is C20H19N3OS2. The standard InChI is InChI=1S/C20H19N3OS2/c1-23-9-8-14-16-10-13(6-7-17(16)21-18(14)11-23)22-26(24)20-12-25-19-5-3-2-4-15(19)20/h2-7,10,12,21-22H,8-9,11H2,1H3. The lowest BCUT2D eigenvalue weighted by molar-refractivity contribution is 0.310. The Labute approximate surface area is 158 Å². The van der Waals surface area contributed by atoms with Crippen LogP contribution in [0.1, 0.15) is 11.3 Å². The zero-order valence-electron chi connectivity index (χ0n) is 14.4. The van der Waals surface area contributed by atoms with Gasteiger partial charge in [-0.3, -0.25) is 0 Å². The van der Waals surface area contributed by atoms with E-state index in [0.717, 1.165) is 45.7 Å². The maximum absolute atomic E-state index is 12.9. The predicted molar refractivity (Wildman–Crippen MR) is 110 cm³/mol. The zero-order chi connectivity index (χ0) is 17.7. The van der Waals surface area contributed by atoms with Crippen molar-refractivity contribution in [2.45, 2.75) is 17.9 Å². The number of H-pyrrole nitrogens is 1. The number of anilines is 1. The highest BCUT2D eigenvalue weighted by atomic mass is 32.2. The Hall–Kier alpha value is -2.15. The van der Waals surface area contributed by atoms with Gasteiger partial charge in [-0.05, 0) is 43.3 Å². The van der Waals surface area contributed by atoms with Crippen molar-refractivity contribution in [2.24, 2.45) is 0 Å². The molecule has 5 rings (SSSR count). The number of hydrogen-bond donors (Lipinski definition) is 2. The normalized spacial score (nSPS) is 16.0. The van der Waals surface area contributed by atoms with Crippen molar-refractivity contribution in [3.05, 3.63) is 59.1 Å². The van der Waals surface area contributed by atoms with E-state index >= 15 is 0 Å². The molecule has 0 spiro atoms. The molecule has 1 atom stereocenters. The smallest absolute Gasteiger partial charge is 0.151 e. The van der Waals surface area contributed by atoms with Crippen LogP contribution in [0.3, 0.4) is 0 Å². The molecule has 2 aromatic carbocycles. The highest BCUT2D eigenvalue weighted by Crippen LogP contribution is 2.31. The van der Waals surface area contributed by atoms with E-state index in [2.05, 4.69) is 39.9 Å². The number of hydrogen-bond acceptors (Lipinski definition) is 3. The molecule has 0 saturated carbocycles. The lowest BCUT2D eigenvalue weighted by Crippen LogP contribution is -2.26. The predicted octanol–water partition coefficient (Wildman–Crippen LogP) is 4.51. The second-order valence-electron chi connectivity index (χ2n) is 6.80. The number of aromatic nitrogens is 1. The van der Waals surface area contributed by atoms with Crippen LogP contribution in [-0.4, -0.2) is 27.7 Å². The van der Waals surface area contributed by atoms with Crippen molar-refractivity contribution in [3.63, 3.8) is 0 Å². The molecule has 1 aliphatic heterocycles. The summed E-state index contributed by atoms with van der Waals surface area (Å²) in [5.74, 6) is 0. The molecule has 2 N–H and O–H groups in total. The Balaban J connectivity index is 1.48. The van der Waals surface area contributed by atoms with Crippen molar-refractivity contribution in [1.82, 2.24) is 9.88 Å². The fourth-order valence-electron chi connectivity index (χ4n) is 3.70. The SMILES string of the molecule is CN1CCc2c([nH]c3ccc(NS(=O)c4csc5ccccc45)cc23)C1. The Kier molecular flexibility index (Phi) is 3.85. The molecule has 0 bridgehead atoms. The number of benzene rings is 2. The molecule has 1 aliphatic rings. The van der Waals surface area contributed by atoms with Gasteiger partial charge < -0.3 is 14.6 Å². The number of likely N-dealkylation sites (N-methyl/N-ethyl adjacent to an activating group) is 1. The van der Waals surface area contributed by atoms with Crippen molar-refractivity contribution in [1.29, 1.82) is 0 Å². The maximum atomic E-state index is 12.9. The van der Waals surface area contributed by atoms with Gasteiger partial charge in [0, 0.05) is 50.8 Å². The van der Waals surface area contributed by atoms with E-state index < -0.39 is 11.0 Å². The second-order valence-corrected chi connectivity index (χ2v) is 8.89. The van der Waals surface area contributed by atoms with Gasteiger partial charge in [0.2, 0.25) is 0 Å². The number of fused-ring (bicyclic) bond motifs is 4. The molecule has 0 radical (unpaired) electrons. The molecule has 0 aliphatic carbocycles. The van der Waals surface area contributed by atoms with Crippen LogP contribution < -0.4 is 4.72 Å². The molecule has 1 unspecified atom stereocenters. The number of rotatable bonds is 3. The lowest BCUT2D eigenvalue weighted by Gasteiger charge is -2.22. The molecule has 6 heteroatoms. The summed E-state index contributed by atoms with van der Waals surface area (Å²) in [6.45, 7) is 2.03. The Morgan fingerprint density at radius 3 is 3.00 bits per heavy atom. The van der Waals surface area contributed by atoms with Gasteiger partial charge in [-0.25, -0.2) is 4.21 Å². The molecule has 3 heterocycles. The van der Waals surface area contributed by atoms with Crippen molar-refractivity contribution < 1.29 is 4.21 Å². The summed E-state index contributed by atoms with van der Waals surface area (Å²) in [6.07, 6.45) is 1.05. The average molecular weight is 382 g/mol. The fourth-order valence-corrected chi connectivity index (χ4v) is 5.91. The quantitative estimate of drug-likeness (QED) is 0.549. The average Bonchev–Trinajstić information content (AvgIpc) is 3.22. The molecule has 0 saturated heterocycles. The Bertz CT molecular complexity index is 1140. The summed E-state index contributed by atoms with van der Waals surface area (Å²) in [5, 5.41) is 4.29. The van der Waals surface area contributed by atoms with Crippen LogP contribution in [0, 0.1) is 0 Å². The highest BCUT2D eigenvalue weighted by Gasteiger charge is 2.19. The minimum atomic E-state index is -1.27. The molecule has 26 heavy (non-hydrogen) atoms. The second kappa shape index (κ2) is 6.23. The largest absolute Gasteiger partial charge is 0.357 e. The third-order valence-corrected chi connectivity index (χ3v) is 7.29. The first kappa shape index (κ1) is 16.1. The minimum Gasteiger partial charge on any atom is -0.357 e. The third-order valence-electron chi connectivity index (χ3n) is 5.02. The maximum Gasteiger partial charge on any atom is 0.151 e. The van der Waals surface area contributed by atoms with Gasteiger partial charge in [-0.2, -0.15) is 0 Å². The van der Waals surface area contributed by atoms with E-state index in [4.69, 9.17) is 0 Å². The van der Waals surface area contributed by atoms with E-state index in [9.17, 15) is 4.21 Å². The van der Waals surface area contributed by atoms with Crippen LogP contribution in [-0.2, 0) is 24.0 Å².